The Balaban J connectivity index is 0.715. The van der Waals surface area contributed by atoms with Crippen molar-refractivity contribution in [3.63, 3.8) is 0 Å². The van der Waals surface area contributed by atoms with Crippen molar-refractivity contribution < 1.29 is 0 Å². The summed E-state index contributed by atoms with van der Waals surface area (Å²) in [5.74, 6) is 0. The molecule has 0 spiro atoms. The average Bonchev–Trinajstić information content (AvgIpc) is 3.90. The molecule has 0 bridgehead atoms. The Bertz CT molecular complexity index is 3370. The number of anilines is 4. The predicted molar refractivity (Wildman–Crippen MR) is 281 cm³/mol. The van der Waals surface area contributed by atoms with E-state index in [0.29, 0.717) is 0 Å². The monoisotopic (exact) mass is 844 g/mol. The molecule has 0 saturated carbocycles. The van der Waals surface area contributed by atoms with Crippen LogP contribution in [0.25, 0.3) is 89.4 Å². The van der Waals surface area contributed by atoms with E-state index < -0.39 is 0 Å². The third-order valence-electron chi connectivity index (χ3n) is 12.7. The molecule has 0 unspecified atom stereocenters. The van der Waals surface area contributed by atoms with E-state index in [-0.39, 0.29) is 0 Å². The first-order valence-electron chi connectivity index (χ1n) is 22.5. The number of fused-ring (bicyclic) bond motifs is 6. The molecule has 4 heteroatoms. The molecule has 10 aromatic carbocycles. The largest absolute Gasteiger partial charge is 0.355 e. The molecule has 0 fully saturated rings. The van der Waals surface area contributed by atoms with Gasteiger partial charge < -0.3 is 19.8 Å². The van der Waals surface area contributed by atoms with E-state index in [0.717, 1.165) is 67.5 Å². The number of nitrogens with one attached hydrogen (secondary N) is 2. The van der Waals surface area contributed by atoms with Gasteiger partial charge in [-0.25, -0.2) is 0 Å². The molecule has 12 rings (SSSR count). The standard InChI is InChI=1S/C62H44N4/c1-7-19-57(51(13-1)45-31-39-49(40-32-45)65-59-21-9-3-15-53(59)54-16-4-10-22-60(54)65)63-47-35-27-43(28-36-47)25-26-44-29-37-48(38-30-44)64-58-20-8-2-14-52(58)46-33-41-50(42-34-46)66-61-23-11-5-17-55(61)56-18-6-12-24-62(56)66/h1-42,63-64H/b26-25+. The van der Waals surface area contributed by atoms with Gasteiger partial charge in [0.1, 0.15) is 0 Å². The van der Waals surface area contributed by atoms with E-state index in [1.807, 2.05) is 0 Å². The number of hydrogen-bond acceptors (Lipinski definition) is 2. The highest BCUT2D eigenvalue weighted by atomic mass is 15.0. The maximum atomic E-state index is 3.69. The summed E-state index contributed by atoms with van der Waals surface area (Å²) in [6, 6.07) is 86.6. The Morgan fingerprint density at radius 3 is 0.924 bits per heavy atom. The summed E-state index contributed by atoms with van der Waals surface area (Å²) < 4.78 is 4.72. The predicted octanol–water partition coefficient (Wildman–Crippen LogP) is 16.9. The first kappa shape index (κ1) is 38.8. The zero-order valence-electron chi connectivity index (χ0n) is 36.1. The van der Waals surface area contributed by atoms with Crippen molar-refractivity contribution in [2.24, 2.45) is 0 Å². The van der Waals surface area contributed by atoms with Gasteiger partial charge in [-0.1, -0.05) is 170 Å². The zero-order valence-corrected chi connectivity index (χ0v) is 36.1. The summed E-state index contributed by atoms with van der Waals surface area (Å²) in [5.41, 5.74) is 18.3. The molecular formula is C62H44N4. The highest BCUT2D eigenvalue weighted by Gasteiger charge is 2.14. The molecule has 0 atom stereocenters. The summed E-state index contributed by atoms with van der Waals surface area (Å²) in [6.07, 6.45) is 4.33. The molecule has 2 aromatic heterocycles. The number of aromatic nitrogens is 2. The maximum Gasteiger partial charge on any atom is 0.0541 e. The van der Waals surface area contributed by atoms with Crippen LogP contribution in [-0.2, 0) is 0 Å². The van der Waals surface area contributed by atoms with Gasteiger partial charge in [0.2, 0.25) is 0 Å². The molecule has 0 aliphatic heterocycles. The van der Waals surface area contributed by atoms with Gasteiger partial charge in [-0.15, -0.1) is 0 Å². The van der Waals surface area contributed by atoms with E-state index in [4.69, 9.17) is 0 Å². The molecule has 0 amide bonds. The first-order valence-corrected chi connectivity index (χ1v) is 22.5. The Kier molecular flexibility index (Phi) is 9.81. The molecule has 2 N–H and O–H groups in total. The number of nitrogens with zero attached hydrogens (tertiary/aromatic N) is 2. The second-order valence-electron chi connectivity index (χ2n) is 16.8. The van der Waals surface area contributed by atoms with E-state index >= 15 is 0 Å². The lowest BCUT2D eigenvalue weighted by Gasteiger charge is -2.14. The second kappa shape index (κ2) is 16.7. The van der Waals surface area contributed by atoms with Crippen molar-refractivity contribution in [1.82, 2.24) is 9.13 Å². The molecule has 12 aromatic rings. The Morgan fingerprint density at radius 1 is 0.273 bits per heavy atom. The maximum absolute atomic E-state index is 3.69. The van der Waals surface area contributed by atoms with Gasteiger partial charge in [-0.05, 0) is 107 Å². The van der Waals surface area contributed by atoms with Crippen molar-refractivity contribution >= 4 is 78.5 Å². The summed E-state index contributed by atoms with van der Waals surface area (Å²) in [6.45, 7) is 0. The van der Waals surface area contributed by atoms with Crippen molar-refractivity contribution in [3.05, 3.63) is 254 Å². The molecule has 66 heavy (non-hydrogen) atoms. The molecule has 0 aliphatic rings. The number of hydrogen-bond donors (Lipinski definition) is 2. The number of benzene rings is 10. The fraction of sp³-hybridized carbons (Fsp3) is 0. The zero-order chi connectivity index (χ0) is 43.8. The third-order valence-corrected chi connectivity index (χ3v) is 12.7. The van der Waals surface area contributed by atoms with Gasteiger partial charge in [0.15, 0.2) is 0 Å². The van der Waals surface area contributed by atoms with Crippen LogP contribution >= 0.6 is 0 Å². The fourth-order valence-electron chi connectivity index (χ4n) is 9.53. The van der Waals surface area contributed by atoms with Gasteiger partial charge in [0, 0.05) is 66.8 Å². The van der Waals surface area contributed by atoms with Crippen LogP contribution in [0.2, 0.25) is 0 Å². The summed E-state index contributed by atoms with van der Waals surface area (Å²) in [7, 11) is 0. The van der Waals surface area contributed by atoms with Crippen LogP contribution in [0.3, 0.4) is 0 Å². The quantitative estimate of drug-likeness (QED) is 0.135. The number of para-hydroxylation sites is 6. The van der Waals surface area contributed by atoms with Gasteiger partial charge in [0.25, 0.3) is 0 Å². The minimum absolute atomic E-state index is 1.04. The highest BCUT2D eigenvalue weighted by Crippen LogP contribution is 2.37. The third kappa shape index (κ3) is 7.17. The topological polar surface area (TPSA) is 33.9 Å². The minimum Gasteiger partial charge on any atom is -0.355 e. The molecule has 0 aliphatic carbocycles. The smallest absolute Gasteiger partial charge is 0.0541 e. The van der Waals surface area contributed by atoms with Crippen LogP contribution in [-0.4, -0.2) is 9.13 Å². The van der Waals surface area contributed by atoms with E-state index in [1.165, 1.54) is 43.6 Å². The van der Waals surface area contributed by atoms with Crippen molar-refractivity contribution in [2.75, 3.05) is 10.6 Å². The lowest BCUT2D eigenvalue weighted by Crippen LogP contribution is -1.95. The summed E-state index contributed by atoms with van der Waals surface area (Å²) in [4.78, 5) is 0. The van der Waals surface area contributed by atoms with Crippen molar-refractivity contribution in [1.29, 1.82) is 0 Å². The second-order valence-corrected chi connectivity index (χ2v) is 16.8. The van der Waals surface area contributed by atoms with Crippen molar-refractivity contribution in [2.45, 2.75) is 0 Å². The van der Waals surface area contributed by atoms with Crippen LogP contribution in [0.1, 0.15) is 11.1 Å². The normalized spacial score (nSPS) is 11.6. The minimum atomic E-state index is 1.04. The van der Waals surface area contributed by atoms with Gasteiger partial charge in [0.05, 0.1) is 22.1 Å². The van der Waals surface area contributed by atoms with E-state index in [9.17, 15) is 0 Å². The van der Waals surface area contributed by atoms with Gasteiger partial charge in [-0.3, -0.25) is 0 Å². The molecule has 0 saturated heterocycles. The van der Waals surface area contributed by atoms with E-state index in [2.05, 4.69) is 275 Å². The molecular weight excluding hydrogens is 801 g/mol. The molecule has 4 nitrogen and oxygen atoms in total. The van der Waals surface area contributed by atoms with Crippen LogP contribution in [0.15, 0.2) is 243 Å². The Hall–Kier alpha value is -8.86. The van der Waals surface area contributed by atoms with Crippen LogP contribution in [0.4, 0.5) is 22.7 Å². The number of rotatable bonds is 10. The summed E-state index contributed by atoms with van der Waals surface area (Å²) in [5, 5.41) is 12.4. The lowest BCUT2D eigenvalue weighted by molar-refractivity contribution is 1.18. The Morgan fingerprint density at radius 2 is 0.576 bits per heavy atom. The molecule has 0 radical (unpaired) electrons. The Labute approximate surface area is 384 Å². The van der Waals surface area contributed by atoms with Crippen LogP contribution in [0.5, 0.6) is 0 Å². The molecule has 312 valence electrons. The average molecular weight is 845 g/mol. The van der Waals surface area contributed by atoms with Crippen molar-refractivity contribution in [3.8, 4) is 33.6 Å². The lowest BCUT2D eigenvalue weighted by atomic mass is 10.0. The SMILES string of the molecule is C(=C\c1ccc(Nc2ccccc2-c2ccc(-n3c4ccccc4c4ccccc43)cc2)cc1)/c1ccc(Nc2ccccc2-c2ccc(-n3c4ccccc4c4ccccc43)cc2)cc1. The summed E-state index contributed by atoms with van der Waals surface area (Å²) >= 11 is 0. The fourth-order valence-corrected chi connectivity index (χ4v) is 9.53. The molecule has 2 heterocycles. The highest BCUT2D eigenvalue weighted by molar-refractivity contribution is 6.10. The van der Waals surface area contributed by atoms with Crippen LogP contribution < -0.4 is 10.6 Å². The van der Waals surface area contributed by atoms with Gasteiger partial charge in [-0.2, -0.15) is 0 Å². The van der Waals surface area contributed by atoms with Gasteiger partial charge >= 0.3 is 0 Å². The first-order chi connectivity index (χ1) is 32.7. The van der Waals surface area contributed by atoms with Crippen LogP contribution in [0, 0.1) is 0 Å². The van der Waals surface area contributed by atoms with E-state index in [1.54, 1.807) is 0 Å².